The number of aromatic nitrogens is 1. The molecule has 0 spiro atoms. The monoisotopic (exact) mass is 339 g/mol. The van der Waals surface area contributed by atoms with Crippen molar-refractivity contribution in [1.82, 2.24) is 15.2 Å². The van der Waals surface area contributed by atoms with E-state index in [4.69, 9.17) is 4.74 Å². The lowest BCUT2D eigenvalue weighted by molar-refractivity contribution is -0.0634. The molecule has 0 bridgehead atoms. The van der Waals surface area contributed by atoms with E-state index in [2.05, 4.69) is 37.2 Å². The molecule has 4 nitrogen and oxygen atoms in total. The van der Waals surface area contributed by atoms with Gasteiger partial charge in [0.05, 0.1) is 12.7 Å². The Morgan fingerprint density at radius 2 is 2.45 bits per heavy atom. The van der Waals surface area contributed by atoms with Crippen LogP contribution in [0.3, 0.4) is 0 Å². The quantitative estimate of drug-likeness (QED) is 0.908. The van der Waals surface area contributed by atoms with E-state index in [0.717, 1.165) is 24.0 Å². The van der Waals surface area contributed by atoms with Gasteiger partial charge in [-0.1, -0.05) is 0 Å². The maximum atomic E-state index is 6.11. The van der Waals surface area contributed by atoms with Gasteiger partial charge in [-0.3, -0.25) is 9.88 Å². The van der Waals surface area contributed by atoms with Gasteiger partial charge in [-0.05, 0) is 60.4 Å². The number of pyridine rings is 1. The molecule has 2 aliphatic heterocycles. The Labute approximate surface area is 129 Å². The van der Waals surface area contributed by atoms with E-state index >= 15 is 0 Å². The molecule has 0 aromatic carbocycles. The molecular formula is C15H22BrN3O. The van der Waals surface area contributed by atoms with Crippen molar-refractivity contribution < 1.29 is 4.74 Å². The third-order valence-electron chi connectivity index (χ3n) is 4.45. The van der Waals surface area contributed by atoms with Crippen molar-refractivity contribution in [3.8, 4) is 0 Å². The first-order chi connectivity index (χ1) is 9.76. The molecule has 1 aromatic rings. The number of halogens is 1. The molecule has 1 N–H and O–H groups in total. The second-order valence-corrected chi connectivity index (χ2v) is 6.69. The van der Waals surface area contributed by atoms with Crippen molar-refractivity contribution in [3.63, 3.8) is 0 Å². The molecule has 20 heavy (non-hydrogen) atoms. The number of hydrogen-bond donors (Lipinski definition) is 1. The predicted octanol–water partition coefficient (Wildman–Crippen LogP) is 1.84. The van der Waals surface area contributed by atoms with Gasteiger partial charge in [-0.15, -0.1) is 0 Å². The molecule has 2 saturated heterocycles. The molecule has 3 heterocycles. The SMILES string of the molecule is CNC(Cc1cncc(Br)c1)C1CN2CCCC2CO1. The van der Waals surface area contributed by atoms with Gasteiger partial charge in [0.15, 0.2) is 0 Å². The third-order valence-corrected chi connectivity index (χ3v) is 4.89. The summed E-state index contributed by atoms with van der Waals surface area (Å²) in [7, 11) is 2.02. The summed E-state index contributed by atoms with van der Waals surface area (Å²) in [5.41, 5.74) is 1.24. The Kier molecular flexibility index (Phi) is 4.71. The molecule has 1 aromatic heterocycles. The fraction of sp³-hybridized carbons (Fsp3) is 0.667. The van der Waals surface area contributed by atoms with E-state index in [1.54, 1.807) is 0 Å². The molecule has 2 fully saturated rings. The number of ether oxygens (including phenoxy) is 1. The van der Waals surface area contributed by atoms with Gasteiger partial charge in [0, 0.05) is 35.5 Å². The second-order valence-electron chi connectivity index (χ2n) is 5.77. The zero-order valence-electron chi connectivity index (χ0n) is 11.9. The molecule has 3 unspecified atom stereocenters. The normalized spacial score (nSPS) is 28.3. The van der Waals surface area contributed by atoms with E-state index in [0.29, 0.717) is 12.1 Å². The molecule has 0 amide bonds. The van der Waals surface area contributed by atoms with Crippen molar-refractivity contribution in [2.75, 3.05) is 26.7 Å². The van der Waals surface area contributed by atoms with Gasteiger partial charge < -0.3 is 10.1 Å². The van der Waals surface area contributed by atoms with Gasteiger partial charge in [-0.25, -0.2) is 0 Å². The van der Waals surface area contributed by atoms with Crippen molar-refractivity contribution >= 4 is 15.9 Å². The Morgan fingerprint density at radius 1 is 1.55 bits per heavy atom. The summed E-state index contributed by atoms with van der Waals surface area (Å²) in [6.45, 7) is 3.18. The summed E-state index contributed by atoms with van der Waals surface area (Å²) >= 11 is 3.48. The first kappa shape index (κ1) is 14.4. The van der Waals surface area contributed by atoms with Crippen LogP contribution in [0.5, 0.6) is 0 Å². The van der Waals surface area contributed by atoms with E-state index in [9.17, 15) is 0 Å². The molecular weight excluding hydrogens is 318 g/mol. The summed E-state index contributed by atoms with van der Waals surface area (Å²) in [5.74, 6) is 0. The zero-order chi connectivity index (χ0) is 13.9. The standard InChI is InChI=1S/C15H22BrN3O/c1-17-14(6-11-5-12(16)8-18-7-11)15-9-19-4-2-3-13(19)10-20-15/h5,7-8,13-15,17H,2-4,6,9-10H2,1H3. The number of fused-ring (bicyclic) bond motifs is 1. The van der Waals surface area contributed by atoms with Gasteiger partial charge in [0.2, 0.25) is 0 Å². The highest BCUT2D eigenvalue weighted by atomic mass is 79.9. The molecule has 3 atom stereocenters. The minimum atomic E-state index is 0.272. The van der Waals surface area contributed by atoms with E-state index in [1.807, 2.05) is 19.4 Å². The van der Waals surface area contributed by atoms with Gasteiger partial charge in [0.1, 0.15) is 0 Å². The van der Waals surface area contributed by atoms with Crippen molar-refractivity contribution in [2.45, 2.75) is 37.5 Å². The van der Waals surface area contributed by atoms with Gasteiger partial charge >= 0.3 is 0 Å². The van der Waals surface area contributed by atoms with E-state index in [-0.39, 0.29) is 6.10 Å². The summed E-state index contributed by atoms with van der Waals surface area (Å²) in [4.78, 5) is 6.84. The van der Waals surface area contributed by atoms with Crippen LogP contribution in [-0.4, -0.2) is 54.8 Å². The van der Waals surface area contributed by atoms with Crippen LogP contribution in [0.25, 0.3) is 0 Å². The highest BCUT2D eigenvalue weighted by Gasteiger charge is 2.35. The minimum Gasteiger partial charge on any atom is -0.374 e. The highest BCUT2D eigenvalue weighted by Crippen LogP contribution is 2.24. The number of likely N-dealkylation sites (N-methyl/N-ethyl adjacent to an activating group) is 1. The Balaban J connectivity index is 1.64. The number of morpholine rings is 1. The van der Waals surface area contributed by atoms with E-state index < -0.39 is 0 Å². The molecule has 5 heteroatoms. The molecule has 3 rings (SSSR count). The summed E-state index contributed by atoms with van der Waals surface area (Å²) in [6.07, 6.45) is 7.60. The van der Waals surface area contributed by atoms with Crippen molar-refractivity contribution in [3.05, 3.63) is 28.5 Å². The van der Waals surface area contributed by atoms with Crippen molar-refractivity contribution in [1.29, 1.82) is 0 Å². The smallest absolute Gasteiger partial charge is 0.0858 e. The predicted molar refractivity (Wildman–Crippen MR) is 82.8 cm³/mol. The molecule has 0 aliphatic carbocycles. The summed E-state index contributed by atoms with van der Waals surface area (Å²) < 4.78 is 7.15. The van der Waals surface area contributed by atoms with Crippen LogP contribution in [0, 0.1) is 0 Å². The van der Waals surface area contributed by atoms with Crippen LogP contribution in [-0.2, 0) is 11.2 Å². The minimum absolute atomic E-state index is 0.272. The summed E-state index contributed by atoms with van der Waals surface area (Å²) in [5, 5.41) is 3.42. The number of hydrogen-bond acceptors (Lipinski definition) is 4. The lowest BCUT2D eigenvalue weighted by atomic mass is 10.0. The number of rotatable bonds is 4. The first-order valence-corrected chi connectivity index (χ1v) is 8.18. The Bertz CT molecular complexity index is 456. The van der Waals surface area contributed by atoms with E-state index in [1.165, 1.54) is 24.9 Å². The highest BCUT2D eigenvalue weighted by molar-refractivity contribution is 9.10. The topological polar surface area (TPSA) is 37.4 Å². The van der Waals surface area contributed by atoms with Crippen LogP contribution in [0.2, 0.25) is 0 Å². The molecule has 0 saturated carbocycles. The van der Waals surface area contributed by atoms with Crippen LogP contribution in [0.15, 0.2) is 22.9 Å². The molecule has 110 valence electrons. The Morgan fingerprint density at radius 3 is 3.25 bits per heavy atom. The average molecular weight is 340 g/mol. The fourth-order valence-corrected chi connectivity index (χ4v) is 3.74. The van der Waals surface area contributed by atoms with Crippen LogP contribution < -0.4 is 5.32 Å². The first-order valence-electron chi connectivity index (χ1n) is 7.38. The lowest BCUT2D eigenvalue weighted by Gasteiger charge is -2.38. The number of nitrogens with zero attached hydrogens (tertiary/aromatic N) is 2. The fourth-order valence-electron chi connectivity index (χ4n) is 3.33. The maximum Gasteiger partial charge on any atom is 0.0858 e. The van der Waals surface area contributed by atoms with Crippen LogP contribution >= 0.6 is 15.9 Å². The largest absolute Gasteiger partial charge is 0.374 e. The third kappa shape index (κ3) is 3.22. The Hall–Kier alpha value is -0.490. The van der Waals surface area contributed by atoms with Crippen molar-refractivity contribution in [2.24, 2.45) is 0 Å². The number of nitrogens with one attached hydrogen (secondary N) is 1. The van der Waals surface area contributed by atoms with Crippen LogP contribution in [0.1, 0.15) is 18.4 Å². The van der Waals surface area contributed by atoms with Gasteiger partial charge in [-0.2, -0.15) is 0 Å². The maximum absolute atomic E-state index is 6.11. The molecule has 0 radical (unpaired) electrons. The lowest BCUT2D eigenvalue weighted by Crippen LogP contribution is -2.54. The van der Waals surface area contributed by atoms with Gasteiger partial charge in [0.25, 0.3) is 0 Å². The second kappa shape index (κ2) is 6.52. The van der Waals surface area contributed by atoms with Crippen LogP contribution in [0.4, 0.5) is 0 Å². The average Bonchev–Trinajstić information content (AvgIpc) is 2.92. The molecule has 2 aliphatic rings. The summed E-state index contributed by atoms with van der Waals surface area (Å²) in [6, 6.07) is 3.14. The zero-order valence-corrected chi connectivity index (χ0v) is 13.5.